The molecule has 0 spiro atoms. The summed E-state index contributed by atoms with van der Waals surface area (Å²) in [7, 11) is 0. The largest absolute Gasteiger partial charge is 0.425 e. The van der Waals surface area contributed by atoms with Gasteiger partial charge in [0.15, 0.2) is 0 Å². The highest BCUT2D eigenvalue weighted by atomic mass is 19.4. The molecule has 0 radical (unpaired) electrons. The van der Waals surface area contributed by atoms with E-state index in [2.05, 4.69) is 10.6 Å². The van der Waals surface area contributed by atoms with Gasteiger partial charge in [0.2, 0.25) is 5.91 Å². The zero-order chi connectivity index (χ0) is 19.7. The maximum Gasteiger partial charge on any atom is 0.425 e. The van der Waals surface area contributed by atoms with Crippen LogP contribution in [0.5, 0.6) is 0 Å². The van der Waals surface area contributed by atoms with Gasteiger partial charge in [-0.3, -0.25) is 4.79 Å². The number of halogens is 6. The molecule has 1 heterocycles. The highest BCUT2D eigenvalue weighted by Gasteiger charge is 2.73. The Morgan fingerprint density at radius 1 is 1.07 bits per heavy atom. The SMILES string of the molecule is O=C(NCC1CNC1)C12CC3CC(C1)CC(C(F)(F)C(F)C(F)(F)F)(C3)C2. The summed E-state index contributed by atoms with van der Waals surface area (Å²) in [5.41, 5.74) is -3.17. The van der Waals surface area contributed by atoms with Crippen LogP contribution >= 0.6 is 0 Å². The number of amides is 1. The summed E-state index contributed by atoms with van der Waals surface area (Å²) in [5, 5.41) is 5.90. The molecule has 3 atom stereocenters. The topological polar surface area (TPSA) is 41.1 Å². The van der Waals surface area contributed by atoms with Crippen LogP contribution in [0.3, 0.4) is 0 Å². The van der Waals surface area contributed by atoms with Gasteiger partial charge in [-0.2, -0.15) is 13.2 Å². The van der Waals surface area contributed by atoms with Crippen LogP contribution in [-0.4, -0.2) is 43.8 Å². The lowest BCUT2D eigenvalue weighted by molar-refractivity contribution is -0.305. The highest BCUT2D eigenvalue weighted by Crippen LogP contribution is 2.70. The third-order valence-electron chi connectivity index (χ3n) is 7.27. The standard InChI is InChI=1S/C18H24F6N2O/c19-13(18(22,23)24)17(20,21)16-4-10-1-11(5-16)3-15(2-10,9-16)14(27)26-8-12-6-25-7-12/h10-13,25H,1-9H2,(H,26,27). The van der Waals surface area contributed by atoms with E-state index < -0.39 is 29.1 Å². The molecule has 4 saturated carbocycles. The molecule has 5 fully saturated rings. The summed E-state index contributed by atoms with van der Waals surface area (Å²) >= 11 is 0. The Labute approximate surface area is 153 Å². The second-order valence-corrected chi connectivity index (χ2v) is 9.28. The maximum absolute atomic E-state index is 14.8. The first-order valence-corrected chi connectivity index (χ1v) is 9.55. The Morgan fingerprint density at radius 2 is 1.67 bits per heavy atom. The lowest BCUT2D eigenvalue weighted by Crippen LogP contribution is -2.65. The molecule has 1 saturated heterocycles. The molecule has 5 rings (SSSR count). The summed E-state index contributed by atoms with van der Waals surface area (Å²) in [4.78, 5) is 12.9. The predicted molar refractivity (Wildman–Crippen MR) is 84.8 cm³/mol. The molecular weight excluding hydrogens is 374 g/mol. The molecule has 2 N–H and O–H groups in total. The summed E-state index contributed by atoms with van der Waals surface area (Å²) in [5.74, 6) is -5.06. The molecule has 4 aliphatic carbocycles. The van der Waals surface area contributed by atoms with Crippen LogP contribution in [0.15, 0.2) is 0 Å². The molecular formula is C18H24F6N2O. The zero-order valence-electron chi connectivity index (χ0n) is 14.8. The Morgan fingerprint density at radius 3 is 2.15 bits per heavy atom. The van der Waals surface area contributed by atoms with Gasteiger partial charge in [-0.05, 0) is 50.4 Å². The smallest absolute Gasteiger partial charge is 0.355 e. The van der Waals surface area contributed by atoms with E-state index in [4.69, 9.17) is 0 Å². The molecule has 5 aliphatic rings. The van der Waals surface area contributed by atoms with Crippen LogP contribution in [0.4, 0.5) is 26.3 Å². The third kappa shape index (κ3) is 2.95. The van der Waals surface area contributed by atoms with Crippen LogP contribution in [0.2, 0.25) is 0 Å². The molecule has 0 aromatic heterocycles. The van der Waals surface area contributed by atoms with Crippen LogP contribution < -0.4 is 10.6 Å². The van der Waals surface area contributed by atoms with Gasteiger partial charge >= 0.3 is 6.18 Å². The molecule has 0 aromatic rings. The van der Waals surface area contributed by atoms with E-state index in [1.54, 1.807) is 0 Å². The van der Waals surface area contributed by atoms with Gasteiger partial charge in [0.25, 0.3) is 12.1 Å². The Balaban J connectivity index is 1.59. The molecule has 27 heavy (non-hydrogen) atoms. The Bertz CT molecular complexity index is 603. The van der Waals surface area contributed by atoms with Crippen molar-refractivity contribution < 1.29 is 31.1 Å². The van der Waals surface area contributed by atoms with Crippen molar-refractivity contribution in [2.45, 2.75) is 56.8 Å². The summed E-state index contributed by atoms with van der Waals surface area (Å²) in [6.07, 6.45) is -8.95. The second-order valence-electron chi connectivity index (χ2n) is 9.28. The van der Waals surface area contributed by atoms with Crippen LogP contribution in [0, 0.1) is 28.6 Å². The first-order chi connectivity index (χ1) is 12.5. The molecule has 0 aromatic carbocycles. The van der Waals surface area contributed by atoms with E-state index in [9.17, 15) is 31.1 Å². The Hall–Kier alpha value is -0.990. The van der Waals surface area contributed by atoms with Crippen LogP contribution in [0.25, 0.3) is 0 Å². The fourth-order valence-electron chi connectivity index (χ4n) is 6.31. The Kier molecular flexibility index (Phi) is 4.30. The first kappa shape index (κ1) is 19.3. The number of carbonyl (C=O) groups excluding carboxylic acids is 1. The molecule has 9 heteroatoms. The lowest BCUT2D eigenvalue weighted by atomic mass is 9.42. The van der Waals surface area contributed by atoms with E-state index in [1.807, 2.05) is 0 Å². The van der Waals surface area contributed by atoms with Gasteiger partial charge in [0.1, 0.15) is 0 Å². The molecule has 3 nitrogen and oxygen atoms in total. The van der Waals surface area contributed by atoms with Crippen LogP contribution in [-0.2, 0) is 4.79 Å². The molecule has 154 valence electrons. The van der Waals surface area contributed by atoms with Gasteiger partial charge < -0.3 is 10.6 Å². The van der Waals surface area contributed by atoms with E-state index in [0.29, 0.717) is 31.7 Å². The number of hydrogen-bond donors (Lipinski definition) is 2. The minimum atomic E-state index is -5.61. The van der Waals surface area contributed by atoms with E-state index in [1.165, 1.54) is 0 Å². The van der Waals surface area contributed by atoms with Crippen molar-refractivity contribution in [2.75, 3.05) is 19.6 Å². The maximum atomic E-state index is 14.8. The highest BCUT2D eigenvalue weighted by molar-refractivity contribution is 5.83. The number of nitrogens with one attached hydrogen (secondary N) is 2. The predicted octanol–water partition coefficient (Wildman–Crippen LogP) is 3.44. The van der Waals surface area contributed by atoms with Gasteiger partial charge in [-0.15, -0.1) is 0 Å². The normalized spacial score (nSPS) is 39.9. The quantitative estimate of drug-likeness (QED) is 0.697. The summed E-state index contributed by atoms with van der Waals surface area (Å²) < 4.78 is 81.9. The number of alkyl halides is 6. The van der Waals surface area contributed by atoms with Gasteiger partial charge in [-0.25, -0.2) is 13.2 Å². The number of hydrogen-bond acceptors (Lipinski definition) is 2. The zero-order valence-corrected chi connectivity index (χ0v) is 14.8. The summed E-state index contributed by atoms with van der Waals surface area (Å²) in [6.45, 7) is 1.98. The van der Waals surface area contributed by atoms with Crippen molar-refractivity contribution in [2.24, 2.45) is 28.6 Å². The van der Waals surface area contributed by atoms with Crippen molar-refractivity contribution in [1.82, 2.24) is 10.6 Å². The number of rotatable bonds is 5. The minimum Gasteiger partial charge on any atom is -0.355 e. The minimum absolute atomic E-state index is 0.130. The van der Waals surface area contributed by atoms with E-state index >= 15 is 0 Å². The van der Waals surface area contributed by atoms with Gasteiger partial charge in [0.05, 0.1) is 5.41 Å². The fourth-order valence-corrected chi connectivity index (χ4v) is 6.31. The summed E-state index contributed by atoms with van der Waals surface area (Å²) in [6, 6.07) is 0. The molecule has 3 unspecified atom stereocenters. The third-order valence-corrected chi connectivity index (χ3v) is 7.27. The second kappa shape index (κ2) is 6.00. The van der Waals surface area contributed by atoms with Crippen molar-refractivity contribution >= 4 is 5.91 Å². The van der Waals surface area contributed by atoms with E-state index in [-0.39, 0.29) is 37.0 Å². The molecule has 1 aliphatic heterocycles. The average Bonchev–Trinajstić information content (AvgIpc) is 2.50. The van der Waals surface area contributed by atoms with Gasteiger partial charge in [0, 0.05) is 31.0 Å². The van der Waals surface area contributed by atoms with Crippen molar-refractivity contribution in [3.63, 3.8) is 0 Å². The fraction of sp³-hybridized carbons (Fsp3) is 0.944. The number of carbonyl (C=O) groups is 1. The molecule has 1 amide bonds. The molecule has 4 bridgehead atoms. The van der Waals surface area contributed by atoms with Crippen molar-refractivity contribution in [3.05, 3.63) is 0 Å². The monoisotopic (exact) mass is 398 g/mol. The lowest BCUT2D eigenvalue weighted by Gasteiger charge is -2.63. The van der Waals surface area contributed by atoms with E-state index in [0.717, 1.165) is 13.1 Å². The first-order valence-electron chi connectivity index (χ1n) is 9.55. The van der Waals surface area contributed by atoms with Crippen LogP contribution in [0.1, 0.15) is 38.5 Å². The average molecular weight is 398 g/mol. The van der Waals surface area contributed by atoms with Crippen molar-refractivity contribution in [3.8, 4) is 0 Å². The van der Waals surface area contributed by atoms with Crippen molar-refractivity contribution in [1.29, 1.82) is 0 Å². The van der Waals surface area contributed by atoms with Gasteiger partial charge in [-0.1, -0.05) is 0 Å².